The Labute approximate surface area is 208 Å². The van der Waals surface area contributed by atoms with Crippen molar-refractivity contribution >= 4 is 39.1 Å². The van der Waals surface area contributed by atoms with Crippen LogP contribution in [0, 0.1) is 13.8 Å². The normalized spacial score (nSPS) is 10.9. The van der Waals surface area contributed by atoms with Gasteiger partial charge in [-0.2, -0.15) is 0 Å². The van der Waals surface area contributed by atoms with Crippen molar-refractivity contribution in [2.75, 3.05) is 18.4 Å². The fraction of sp³-hybridized carbons (Fsp3) is 0.259. The molecule has 0 spiro atoms. The smallest absolute Gasteiger partial charge is 0.263 e. The second kappa shape index (κ2) is 10.7. The van der Waals surface area contributed by atoms with Crippen molar-refractivity contribution in [1.82, 2.24) is 14.5 Å². The van der Waals surface area contributed by atoms with Gasteiger partial charge in [-0.3, -0.25) is 19.0 Å². The summed E-state index contributed by atoms with van der Waals surface area (Å²) < 4.78 is 1.34. The zero-order valence-corrected chi connectivity index (χ0v) is 20.9. The summed E-state index contributed by atoms with van der Waals surface area (Å²) in [6.07, 6.45) is 2.11. The number of hydrogen-bond donors (Lipinski definition) is 1. The number of nitrogens with zero attached hydrogens (tertiary/aromatic N) is 3. The summed E-state index contributed by atoms with van der Waals surface area (Å²) in [7, 11) is 0. The van der Waals surface area contributed by atoms with E-state index in [0.29, 0.717) is 28.9 Å². The van der Waals surface area contributed by atoms with E-state index >= 15 is 0 Å². The molecule has 0 aliphatic rings. The van der Waals surface area contributed by atoms with Crippen LogP contribution in [0.4, 0.5) is 5.69 Å². The van der Waals surface area contributed by atoms with E-state index < -0.39 is 0 Å². The van der Waals surface area contributed by atoms with Gasteiger partial charge in [0.05, 0.1) is 18.3 Å². The molecule has 0 aliphatic carbocycles. The van der Waals surface area contributed by atoms with Crippen LogP contribution < -0.4 is 10.9 Å². The van der Waals surface area contributed by atoms with Gasteiger partial charge in [-0.15, -0.1) is 11.3 Å². The van der Waals surface area contributed by atoms with Crippen LogP contribution in [0.2, 0.25) is 0 Å². The van der Waals surface area contributed by atoms with E-state index in [4.69, 9.17) is 0 Å². The van der Waals surface area contributed by atoms with Crippen molar-refractivity contribution in [3.05, 3.63) is 81.7 Å². The fourth-order valence-electron chi connectivity index (χ4n) is 4.09. The van der Waals surface area contributed by atoms with Gasteiger partial charge in [-0.05, 0) is 37.5 Å². The minimum atomic E-state index is -0.303. The summed E-state index contributed by atoms with van der Waals surface area (Å²) in [5, 5.41) is 3.39. The molecule has 2 aromatic carbocycles. The molecule has 0 saturated carbocycles. The summed E-state index contributed by atoms with van der Waals surface area (Å²) in [4.78, 5) is 46.9. The van der Waals surface area contributed by atoms with Gasteiger partial charge in [0.15, 0.2) is 0 Å². The van der Waals surface area contributed by atoms with Gasteiger partial charge in [0.25, 0.3) is 5.56 Å². The topological polar surface area (TPSA) is 84.3 Å². The van der Waals surface area contributed by atoms with E-state index in [0.717, 1.165) is 21.6 Å². The molecule has 0 atom stereocenters. The first kappa shape index (κ1) is 24.3. The number of aromatic nitrogens is 2. The van der Waals surface area contributed by atoms with E-state index in [1.54, 1.807) is 0 Å². The van der Waals surface area contributed by atoms with Crippen LogP contribution in [0.3, 0.4) is 0 Å². The first-order valence-electron chi connectivity index (χ1n) is 11.6. The molecule has 0 unspecified atom stereocenters. The third-order valence-corrected chi connectivity index (χ3v) is 6.84. The number of para-hydroxylation sites is 1. The van der Waals surface area contributed by atoms with E-state index in [1.807, 2.05) is 75.4 Å². The highest BCUT2D eigenvalue weighted by Gasteiger charge is 2.21. The first-order valence-corrected chi connectivity index (χ1v) is 12.4. The standard InChI is InChI=1S/C27H28N4O3S/c1-4-14-30(15-22(32)29-21-13-9-8-10-18(21)2)23(33)16-31-17-28-26-25(27(31)34)24(19(3)35-26)20-11-6-5-7-12-20/h5-13,17H,4,14-16H2,1-3H3,(H,29,32). The average molecular weight is 489 g/mol. The fourth-order valence-corrected chi connectivity index (χ4v) is 5.09. The lowest BCUT2D eigenvalue weighted by molar-refractivity contribution is -0.135. The van der Waals surface area contributed by atoms with Crippen molar-refractivity contribution < 1.29 is 9.59 Å². The molecule has 0 fully saturated rings. The molecule has 8 heteroatoms. The average Bonchev–Trinajstić information content (AvgIpc) is 3.19. The van der Waals surface area contributed by atoms with E-state index in [1.165, 1.54) is 27.1 Å². The molecule has 0 bridgehead atoms. The molecule has 180 valence electrons. The Kier molecular flexibility index (Phi) is 7.41. The highest BCUT2D eigenvalue weighted by atomic mass is 32.1. The summed E-state index contributed by atoms with van der Waals surface area (Å²) >= 11 is 1.47. The molecular formula is C27H28N4O3S. The van der Waals surface area contributed by atoms with E-state index in [9.17, 15) is 14.4 Å². The maximum absolute atomic E-state index is 13.4. The summed E-state index contributed by atoms with van der Waals surface area (Å²) in [6.45, 7) is 5.98. The Hall–Kier alpha value is -3.78. The summed E-state index contributed by atoms with van der Waals surface area (Å²) in [5.41, 5.74) is 3.20. The number of carbonyl (C=O) groups is 2. The number of anilines is 1. The van der Waals surface area contributed by atoms with Crippen LogP contribution in [0.25, 0.3) is 21.3 Å². The molecule has 2 heterocycles. The highest BCUT2D eigenvalue weighted by Crippen LogP contribution is 2.35. The van der Waals surface area contributed by atoms with Crippen molar-refractivity contribution in [1.29, 1.82) is 0 Å². The Morgan fingerprint density at radius 1 is 1.06 bits per heavy atom. The third kappa shape index (κ3) is 5.33. The molecule has 1 N–H and O–H groups in total. The second-order valence-electron chi connectivity index (χ2n) is 8.44. The zero-order valence-electron chi connectivity index (χ0n) is 20.1. The van der Waals surface area contributed by atoms with Crippen LogP contribution in [-0.4, -0.2) is 39.4 Å². The number of benzene rings is 2. The number of aryl methyl sites for hydroxylation is 2. The van der Waals surface area contributed by atoms with Crippen LogP contribution >= 0.6 is 11.3 Å². The van der Waals surface area contributed by atoms with Crippen molar-refractivity contribution in [3.8, 4) is 11.1 Å². The van der Waals surface area contributed by atoms with Gasteiger partial charge in [0.2, 0.25) is 11.8 Å². The minimum Gasteiger partial charge on any atom is -0.332 e. The highest BCUT2D eigenvalue weighted by molar-refractivity contribution is 7.19. The predicted molar refractivity (Wildman–Crippen MR) is 141 cm³/mol. The molecule has 2 aromatic heterocycles. The molecule has 35 heavy (non-hydrogen) atoms. The number of thiophene rings is 1. The van der Waals surface area contributed by atoms with Crippen molar-refractivity contribution in [2.24, 2.45) is 0 Å². The number of nitrogens with one attached hydrogen (secondary N) is 1. The SMILES string of the molecule is CCCN(CC(=O)Nc1ccccc1C)C(=O)Cn1cnc2sc(C)c(-c3ccccc3)c2c1=O. The number of carbonyl (C=O) groups excluding carboxylic acids is 2. The van der Waals surface area contributed by atoms with Crippen LogP contribution in [0.5, 0.6) is 0 Å². The summed E-state index contributed by atoms with van der Waals surface area (Å²) in [6, 6.07) is 17.2. The largest absolute Gasteiger partial charge is 0.332 e. The number of hydrogen-bond acceptors (Lipinski definition) is 5. The lowest BCUT2D eigenvalue weighted by Crippen LogP contribution is -2.41. The molecule has 0 radical (unpaired) electrons. The molecule has 4 rings (SSSR count). The number of fused-ring (bicyclic) bond motifs is 1. The first-order chi connectivity index (χ1) is 16.9. The van der Waals surface area contributed by atoms with Crippen LogP contribution in [0.15, 0.2) is 65.7 Å². The molecular weight excluding hydrogens is 460 g/mol. The van der Waals surface area contributed by atoms with Gasteiger partial charge in [0.1, 0.15) is 11.4 Å². The van der Waals surface area contributed by atoms with E-state index in [-0.39, 0.29) is 30.5 Å². The maximum Gasteiger partial charge on any atom is 0.263 e. The zero-order chi connectivity index (χ0) is 24.9. The van der Waals surface area contributed by atoms with E-state index in [2.05, 4.69) is 10.3 Å². The monoisotopic (exact) mass is 488 g/mol. The lowest BCUT2D eigenvalue weighted by Gasteiger charge is -2.22. The molecule has 7 nitrogen and oxygen atoms in total. The Balaban J connectivity index is 1.57. The number of rotatable bonds is 8. The Morgan fingerprint density at radius 3 is 2.49 bits per heavy atom. The van der Waals surface area contributed by atoms with Gasteiger partial charge < -0.3 is 10.2 Å². The predicted octanol–water partition coefficient (Wildman–Crippen LogP) is 4.62. The second-order valence-corrected chi connectivity index (χ2v) is 9.64. The van der Waals surface area contributed by atoms with Crippen molar-refractivity contribution in [2.45, 2.75) is 33.7 Å². The molecule has 0 saturated heterocycles. The number of amides is 2. The van der Waals surface area contributed by atoms with Gasteiger partial charge in [-0.1, -0.05) is 55.5 Å². The quantitative estimate of drug-likeness (QED) is 0.392. The van der Waals surface area contributed by atoms with Crippen LogP contribution in [-0.2, 0) is 16.1 Å². The summed E-state index contributed by atoms with van der Waals surface area (Å²) in [5.74, 6) is -0.579. The Morgan fingerprint density at radius 2 is 1.77 bits per heavy atom. The van der Waals surface area contributed by atoms with Crippen LogP contribution in [0.1, 0.15) is 23.8 Å². The van der Waals surface area contributed by atoms with Gasteiger partial charge in [0, 0.05) is 22.7 Å². The van der Waals surface area contributed by atoms with Gasteiger partial charge >= 0.3 is 0 Å². The third-order valence-electron chi connectivity index (χ3n) is 5.82. The van der Waals surface area contributed by atoms with Crippen molar-refractivity contribution in [3.63, 3.8) is 0 Å². The minimum absolute atomic E-state index is 0.0851. The van der Waals surface area contributed by atoms with Gasteiger partial charge in [-0.25, -0.2) is 4.98 Å². The molecule has 0 aliphatic heterocycles. The Bertz CT molecular complexity index is 1430. The molecule has 2 amide bonds. The maximum atomic E-state index is 13.4. The lowest BCUT2D eigenvalue weighted by atomic mass is 10.0. The molecule has 4 aromatic rings.